The molecule has 0 spiro atoms. The van der Waals surface area contributed by atoms with Gasteiger partial charge in [-0.15, -0.1) is 0 Å². The van der Waals surface area contributed by atoms with Gasteiger partial charge in [0.25, 0.3) is 0 Å². The Morgan fingerprint density at radius 3 is 2.17 bits per heavy atom. The zero-order valence-corrected chi connectivity index (χ0v) is 12.8. The highest BCUT2D eigenvalue weighted by Crippen LogP contribution is 2.01. The summed E-state index contributed by atoms with van der Waals surface area (Å²) < 4.78 is 10.3. The second kappa shape index (κ2) is 9.25. The minimum Gasteiger partial charge on any atom is -0.480 e. The van der Waals surface area contributed by atoms with Gasteiger partial charge in [0.15, 0.2) is 0 Å². The molecule has 2 aromatic carbocycles. The fraction of sp³-hybridized carbons (Fsp3) is 0.222. The van der Waals surface area contributed by atoms with Crippen molar-refractivity contribution in [3.05, 3.63) is 71.8 Å². The maximum Gasteiger partial charge on any atom is 0.407 e. The van der Waals surface area contributed by atoms with Crippen LogP contribution in [0.4, 0.5) is 4.79 Å². The predicted octanol–water partition coefficient (Wildman–Crippen LogP) is 3.15. The maximum absolute atomic E-state index is 11.5. The molecule has 5 nitrogen and oxygen atoms in total. The van der Waals surface area contributed by atoms with E-state index in [9.17, 15) is 4.79 Å². The topological polar surface area (TPSA) is 71.4 Å². The molecule has 0 aliphatic carbocycles. The van der Waals surface area contributed by atoms with Crippen molar-refractivity contribution in [3.63, 3.8) is 0 Å². The lowest BCUT2D eigenvalue weighted by Gasteiger charge is -2.09. The van der Waals surface area contributed by atoms with Crippen molar-refractivity contribution in [2.75, 3.05) is 13.2 Å². The molecule has 0 aliphatic rings. The number of carbonyl (C=O) groups is 1. The number of amides is 1. The highest BCUT2D eigenvalue weighted by Gasteiger charge is 2.05. The Bertz CT molecular complexity index is 615. The van der Waals surface area contributed by atoms with Crippen molar-refractivity contribution in [1.29, 1.82) is 5.41 Å². The molecular weight excluding hydrogens is 292 g/mol. The first-order valence-corrected chi connectivity index (χ1v) is 7.43. The Morgan fingerprint density at radius 1 is 0.913 bits per heavy atom. The van der Waals surface area contributed by atoms with Crippen molar-refractivity contribution in [3.8, 4) is 0 Å². The van der Waals surface area contributed by atoms with Crippen molar-refractivity contribution in [2.45, 2.75) is 13.0 Å². The molecule has 0 radical (unpaired) electrons. The van der Waals surface area contributed by atoms with Crippen LogP contribution >= 0.6 is 0 Å². The summed E-state index contributed by atoms with van der Waals surface area (Å²) in [5.41, 5.74) is 2.06. The van der Waals surface area contributed by atoms with Gasteiger partial charge in [-0.1, -0.05) is 60.7 Å². The van der Waals surface area contributed by atoms with E-state index in [1.807, 2.05) is 60.7 Å². The first kappa shape index (κ1) is 16.5. The van der Waals surface area contributed by atoms with E-state index >= 15 is 0 Å². The summed E-state index contributed by atoms with van der Waals surface area (Å²) in [5.74, 6) is 0.0117. The number of nitrogens with one attached hydrogen (secondary N) is 2. The van der Waals surface area contributed by atoms with Crippen molar-refractivity contribution >= 4 is 12.0 Å². The summed E-state index contributed by atoms with van der Waals surface area (Å²) in [6.45, 7) is 0.626. The molecule has 1 amide bonds. The van der Waals surface area contributed by atoms with Gasteiger partial charge in [-0.3, -0.25) is 5.41 Å². The van der Waals surface area contributed by atoms with E-state index in [0.29, 0.717) is 6.61 Å². The molecule has 5 heteroatoms. The predicted molar refractivity (Wildman–Crippen MR) is 88.5 cm³/mol. The van der Waals surface area contributed by atoms with Gasteiger partial charge in [-0.05, 0) is 11.1 Å². The molecule has 0 aliphatic heterocycles. The summed E-state index contributed by atoms with van der Waals surface area (Å²) in [6.07, 6.45) is 0.159. The summed E-state index contributed by atoms with van der Waals surface area (Å²) in [7, 11) is 0. The van der Waals surface area contributed by atoms with Crippen LogP contribution in [-0.2, 0) is 22.5 Å². The van der Waals surface area contributed by atoms with Gasteiger partial charge >= 0.3 is 6.09 Å². The summed E-state index contributed by atoms with van der Waals surface area (Å²) in [5, 5.41) is 10.1. The minimum atomic E-state index is -0.565. The van der Waals surface area contributed by atoms with Gasteiger partial charge in [0, 0.05) is 6.42 Å². The van der Waals surface area contributed by atoms with Crippen molar-refractivity contribution in [1.82, 2.24) is 5.32 Å². The molecule has 0 saturated heterocycles. The molecule has 0 bridgehead atoms. The molecule has 2 aromatic rings. The largest absolute Gasteiger partial charge is 0.480 e. The number of alkyl carbamates (subject to hydrolysis) is 1. The fourth-order valence-corrected chi connectivity index (χ4v) is 1.91. The SMILES string of the molecule is N=C(CNC(=O)OCc1ccccc1)OCCc1ccccc1. The number of hydrogen-bond acceptors (Lipinski definition) is 4. The number of carbonyl (C=O) groups excluding carboxylic acids is 1. The molecule has 0 heterocycles. The maximum atomic E-state index is 11.5. The lowest BCUT2D eigenvalue weighted by atomic mass is 10.2. The molecule has 2 rings (SSSR count). The first-order chi connectivity index (χ1) is 11.2. The molecule has 0 aromatic heterocycles. The van der Waals surface area contributed by atoms with Crippen LogP contribution in [0.15, 0.2) is 60.7 Å². The quantitative estimate of drug-likeness (QED) is 0.609. The van der Waals surface area contributed by atoms with Crippen molar-refractivity contribution in [2.24, 2.45) is 0 Å². The molecule has 0 saturated carbocycles. The third kappa shape index (κ3) is 6.65. The molecule has 0 atom stereocenters. The molecule has 120 valence electrons. The zero-order valence-electron chi connectivity index (χ0n) is 12.8. The third-order valence-electron chi connectivity index (χ3n) is 3.12. The Labute approximate surface area is 135 Å². The molecular formula is C18H20N2O3. The van der Waals surface area contributed by atoms with Crippen LogP contribution in [0.5, 0.6) is 0 Å². The first-order valence-electron chi connectivity index (χ1n) is 7.43. The molecule has 23 heavy (non-hydrogen) atoms. The summed E-state index contributed by atoms with van der Waals surface area (Å²) in [6, 6.07) is 19.3. The minimum absolute atomic E-state index is 0.0117. The van der Waals surface area contributed by atoms with E-state index in [2.05, 4.69) is 5.32 Å². The van der Waals surface area contributed by atoms with Crippen molar-refractivity contribution < 1.29 is 14.3 Å². The zero-order chi connectivity index (χ0) is 16.3. The van der Waals surface area contributed by atoms with E-state index < -0.39 is 6.09 Å². The highest BCUT2D eigenvalue weighted by atomic mass is 16.5. The van der Waals surface area contributed by atoms with Gasteiger partial charge in [0.1, 0.15) is 6.61 Å². The highest BCUT2D eigenvalue weighted by molar-refractivity contribution is 5.79. The van der Waals surface area contributed by atoms with Crippen LogP contribution < -0.4 is 5.32 Å². The normalized spacial score (nSPS) is 9.91. The second-order valence-electron chi connectivity index (χ2n) is 4.92. The number of benzene rings is 2. The Hall–Kier alpha value is -2.82. The van der Waals surface area contributed by atoms with Crippen LogP contribution in [-0.4, -0.2) is 25.1 Å². The van der Waals surface area contributed by atoms with Gasteiger partial charge in [0.05, 0.1) is 13.2 Å². The lowest BCUT2D eigenvalue weighted by molar-refractivity contribution is 0.140. The van der Waals surface area contributed by atoms with E-state index in [1.165, 1.54) is 0 Å². The van der Waals surface area contributed by atoms with Gasteiger partial charge in [0.2, 0.25) is 5.90 Å². The Kier molecular flexibility index (Phi) is 6.65. The standard InChI is InChI=1S/C18H20N2O3/c19-17(22-12-11-15-7-3-1-4-8-15)13-20-18(21)23-14-16-9-5-2-6-10-16/h1-10,19H,11-14H2,(H,20,21). The van der Waals surface area contributed by atoms with Crippen LogP contribution in [0.25, 0.3) is 0 Å². The lowest BCUT2D eigenvalue weighted by Crippen LogP contribution is -2.31. The van der Waals surface area contributed by atoms with E-state index in [1.54, 1.807) is 0 Å². The smallest absolute Gasteiger partial charge is 0.407 e. The molecule has 0 unspecified atom stereocenters. The molecule has 2 N–H and O–H groups in total. The van der Waals surface area contributed by atoms with Crippen LogP contribution in [0, 0.1) is 5.41 Å². The fourth-order valence-electron chi connectivity index (χ4n) is 1.91. The number of ether oxygens (including phenoxy) is 2. The van der Waals surface area contributed by atoms with Gasteiger partial charge < -0.3 is 14.8 Å². The van der Waals surface area contributed by atoms with E-state index in [0.717, 1.165) is 17.5 Å². The van der Waals surface area contributed by atoms with E-state index in [4.69, 9.17) is 14.9 Å². The number of hydrogen-bond donors (Lipinski definition) is 2. The summed E-state index contributed by atoms with van der Waals surface area (Å²) in [4.78, 5) is 11.5. The Balaban J connectivity index is 1.57. The van der Waals surface area contributed by atoms with Crippen LogP contribution in [0.1, 0.15) is 11.1 Å². The average Bonchev–Trinajstić information content (AvgIpc) is 2.60. The second-order valence-corrected chi connectivity index (χ2v) is 4.92. The van der Waals surface area contributed by atoms with E-state index in [-0.39, 0.29) is 19.0 Å². The third-order valence-corrected chi connectivity index (χ3v) is 3.12. The van der Waals surface area contributed by atoms with Gasteiger partial charge in [-0.25, -0.2) is 4.79 Å². The Morgan fingerprint density at radius 2 is 1.52 bits per heavy atom. The van der Waals surface area contributed by atoms with Crippen LogP contribution in [0.2, 0.25) is 0 Å². The molecule has 0 fully saturated rings. The number of rotatable bonds is 7. The van der Waals surface area contributed by atoms with Crippen LogP contribution in [0.3, 0.4) is 0 Å². The summed E-state index contributed by atoms with van der Waals surface area (Å²) >= 11 is 0. The average molecular weight is 312 g/mol. The van der Waals surface area contributed by atoms with Gasteiger partial charge in [-0.2, -0.15) is 0 Å². The monoisotopic (exact) mass is 312 g/mol.